The van der Waals surface area contributed by atoms with Crippen molar-refractivity contribution in [1.82, 2.24) is 0 Å². The van der Waals surface area contributed by atoms with Gasteiger partial charge in [-0.3, -0.25) is 0 Å². The zero-order chi connectivity index (χ0) is 7.19. The first-order valence-electron chi connectivity index (χ1n) is 3.99. The van der Waals surface area contributed by atoms with Crippen molar-refractivity contribution < 1.29 is 9.47 Å². The van der Waals surface area contributed by atoms with E-state index in [-0.39, 0.29) is 11.9 Å². The van der Waals surface area contributed by atoms with Crippen LogP contribution in [0.4, 0.5) is 0 Å². The predicted molar refractivity (Wildman–Crippen MR) is 37.6 cm³/mol. The summed E-state index contributed by atoms with van der Waals surface area (Å²) < 4.78 is 11.1. The number of rotatable bonds is 0. The molecule has 10 heavy (non-hydrogen) atoms. The van der Waals surface area contributed by atoms with E-state index in [0.29, 0.717) is 5.92 Å². The smallest absolute Gasteiger partial charge is 0.161 e. The Hall–Kier alpha value is -0.0800. The zero-order valence-electron chi connectivity index (χ0n) is 6.59. The molecular weight excluding hydrogens is 128 g/mol. The van der Waals surface area contributed by atoms with Crippen LogP contribution < -0.4 is 0 Å². The third-order valence-electron chi connectivity index (χ3n) is 2.55. The van der Waals surface area contributed by atoms with Gasteiger partial charge in [0, 0.05) is 5.92 Å². The number of ether oxygens (including phenoxy) is 2. The molecule has 0 spiro atoms. The molecule has 0 aromatic carbocycles. The van der Waals surface area contributed by atoms with Gasteiger partial charge in [-0.25, -0.2) is 0 Å². The van der Waals surface area contributed by atoms with Gasteiger partial charge < -0.3 is 9.47 Å². The van der Waals surface area contributed by atoms with Crippen molar-refractivity contribution in [1.29, 1.82) is 0 Å². The highest BCUT2D eigenvalue weighted by molar-refractivity contribution is 4.87. The molecule has 0 aromatic rings. The topological polar surface area (TPSA) is 18.5 Å². The molecular formula is C8H14O2. The quantitative estimate of drug-likeness (QED) is 0.511. The van der Waals surface area contributed by atoms with Gasteiger partial charge in [0.25, 0.3) is 0 Å². The Labute approximate surface area is 61.5 Å². The second kappa shape index (κ2) is 1.95. The molecule has 0 aliphatic carbocycles. The molecule has 2 fully saturated rings. The Kier molecular flexibility index (Phi) is 1.29. The summed E-state index contributed by atoms with van der Waals surface area (Å²) in [4.78, 5) is 0. The molecule has 58 valence electrons. The normalized spacial score (nSPS) is 53.4. The molecule has 0 unspecified atom stereocenters. The van der Waals surface area contributed by atoms with Crippen LogP contribution in [-0.2, 0) is 9.47 Å². The average molecular weight is 142 g/mol. The van der Waals surface area contributed by atoms with Gasteiger partial charge in [-0.05, 0) is 19.8 Å². The number of hydrogen-bond donors (Lipinski definition) is 0. The summed E-state index contributed by atoms with van der Waals surface area (Å²) in [7, 11) is 0. The summed E-state index contributed by atoms with van der Waals surface area (Å²) in [6.07, 6.45) is 2.50. The third-order valence-corrected chi connectivity index (χ3v) is 2.55. The van der Waals surface area contributed by atoms with Crippen molar-refractivity contribution in [2.24, 2.45) is 5.92 Å². The SMILES string of the molecule is C[C@@H]1CC[C@]2(C)CO[C@H]1O2. The van der Waals surface area contributed by atoms with E-state index >= 15 is 0 Å². The van der Waals surface area contributed by atoms with Crippen LogP contribution in [-0.4, -0.2) is 18.5 Å². The fourth-order valence-corrected chi connectivity index (χ4v) is 1.69. The first kappa shape index (κ1) is 6.62. The van der Waals surface area contributed by atoms with E-state index < -0.39 is 0 Å². The van der Waals surface area contributed by atoms with Gasteiger partial charge >= 0.3 is 0 Å². The molecule has 2 rings (SSSR count). The van der Waals surface area contributed by atoms with E-state index in [4.69, 9.17) is 9.47 Å². The minimum Gasteiger partial charge on any atom is -0.349 e. The highest BCUT2D eigenvalue weighted by Gasteiger charge is 2.43. The molecule has 0 amide bonds. The summed E-state index contributed by atoms with van der Waals surface area (Å²) >= 11 is 0. The molecule has 0 radical (unpaired) electrons. The Balaban J connectivity index is 2.12. The van der Waals surface area contributed by atoms with E-state index in [1.54, 1.807) is 0 Å². The first-order chi connectivity index (χ1) is 4.70. The summed E-state index contributed by atoms with van der Waals surface area (Å²) in [5, 5.41) is 0. The van der Waals surface area contributed by atoms with E-state index in [9.17, 15) is 0 Å². The maximum absolute atomic E-state index is 5.67. The Bertz CT molecular complexity index is 146. The van der Waals surface area contributed by atoms with Gasteiger partial charge in [0.05, 0.1) is 12.2 Å². The molecule has 0 aromatic heterocycles. The van der Waals surface area contributed by atoms with Gasteiger partial charge in [0.2, 0.25) is 0 Å². The van der Waals surface area contributed by atoms with Gasteiger partial charge in [-0.2, -0.15) is 0 Å². The maximum atomic E-state index is 5.67. The first-order valence-corrected chi connectivity index (χ1v) is 3.99. The molecule has 2 aliphatic heterocycles. The Morgan fingerprint density at radius 1 is 1.50 bits per heavy atom. The van der Waals surface area contributed by atoms with E-state index in [1.165, 1.54) is 6.42 Å². The van der Waals surface area contributed by atoms with Crippen LogP contribution in [0.15, 0.2) is 0 Å². The fraction of sp³-hybridized carbons (Fsp3) is 1.00. The van der Waals surface area contributed by atoms with Crippen molar-refractivity contribution in [2.45, 2.75) is 38.6 Å². The molecule has 3 atom stereocenters. The molecule has 2 nitrogen and oxygen atoms in total. The Morgan fingerprint density at radius 3 is 3.00 bits per heavy atom. The summed E-state index contributed by atoms with van der Waals surface area (Å²) in [5.74, 6) is 0.593. The van der Waals surface area contributed by atoms with E-state index in [1.807, 2.05) is 0 Å². The highest BCUT2D eigenvalue weighted by Crippen LogP contribution is 2.38. The molecule has 2 heterocycles. The average Bonchev–Trinajstić information content (AvgIpc) is 2.23. The second-order valence-corrected chi connectivity index (χ2v) is 3.76. The highest BCUT2D eigenvalue weighted by atomic mass is 16.7. The monoisotopic (exact) mass is 142 g/mol. The van der Waals surface area contributed by atoms with E-state index in [0.717, 1.165) is 13.0 Å². The van der Waals surface area contributed by atoms with Crippen molar-refractivity contribution in [3.8, 4) is 0 Å². The van der Waals surface area contributed by atoms with Crippen molar-refractivity contribution >= 4 is 0 Å². The van der Waals surface area contributed by atoms with Crippen LogP contribution in [0.1, 0.15) is 26.7 Å². The lowest BCUT2D eigenvalue weighted by Crippen LogP contribution is -2.34. The van der Waals surface area contributed by atoms with Crippen LogP contribution in [0.25, 0.3) is 0 Å². The van der Waals surface area contributed by atoms with Crippen molar-refractivity contribution in [2.75, 3.05) is 6.61 Å². The summed E-state index contributed by atoms with van der Waals surface area (Å²) in [5.41, 5.74) is 0.0528. The molecule has 2 heteroatoms. The molecule has 2 bridgehead atoms. The van der Waals surface area contributed by atoms with Crippen LogP contribution in [0.3, 0.4) is 0 Å². The van der Waals surface area contributed by atoms with Crippen molar-refractivity contribution in [3.63, 3.8) is 0 Å². The third kappa shape index (κ3) is 0.867. The predicted octanol–water partition coefficient (Wildman–Crippen LogP) is 1.55. The molecule has 2 saturated heterocycles. The van der Waals surface area contributed by atoms with Gasteiger partial charge in [-0.1, -0.05) is 6.92 Å². The van der Waals surface area contributed by atoms with Crippen LogP contribution in [0.5, 0.6) is 0 Å². The zero-order valence-corrected chi connectivity index (χ0v) is 6.59. The fourth-order valence-electron chi connectivity index (χ4n) is 1.69. The lowest BCUT2D eigenvalue weighted by molar-refractivity contribution is -0.142. The van der Waals surface area contributed by atoms with Crippen LogP contribution >= 0.6 is 0 Å². The minimum atomic E-state index is 0.0528. The lowest BCUT2D eigenvalue weighted by atomic mass is 9.93. The van der Waals surface area contributed by atoms with Gasteiger partial charge in [-0.15, -0.1) is 0 Å². The van der Waals surface area contributed by atoms with Crippen molar-refractivity contribution in [3.05, 3.63) is 0 Å². The molecule has 0 N–H and O–H groups in total. The minimum absolute atomic E-state index is 0.0528. The largest absolute Gasteiger partial charge is 0.349 e. The lowest BCUT2D eigenvalue weighted by Gasteiger charge is -2.30. The summed E-state index contributed by atoms with van der Waals surface area (Å²) in [6.45, 7) is 5.12. The molecule has 0 saturated carbocycles. The van der Waals surface area contributed by atoms with Gasteiger partial charge in [0.1, 0.15) is 0 Å². The standard InChI is InChI=1S/C8H14O2/c1-6-3-4-8(2)5-9-7(6)10-8/h6-7H,3-5H2,1-2H3/t6-,7+,8-/m1/s1. The van der Waals surface area contributed by atoms with Crippen LogP contribution in [0.2, 0.25) is 0 Å². The second-order valence-electron chi connectivity index (χ2n) is 3.76. The maximum Gasteiger partial charge on any atom is 0.161 e. The van der Waals surface area contributed by atoms with Gasteiger partial charge in [0.15, 0.2) is 6.29 Å². The number of fused-ring (bicyclic) bond motifs is 2. The number of hydrogen-bond acceptors (Lipinski definition) is 2. The van der Waals surface area contributed by atoms with Crippen LogP contribution in [0, 0.1) is 5.92 Å². The molecule has 2 aliphatic rings. The summed E-state index contributed by atoms with van der Waals surface area (Å²) in [6, 6.07) is 0. The van der Waals surface area contributed by atoms with E-state index in [2.05, 4.69) is 13.8 Å². The Morgan fingerprint density at radius 2 is 2.30 bits per heavy atom.